The molecule has 1 N–H and O–H groups in total. The number of nitrogens with one attached hydrogen (secondary N) is 1. The number of hydrogen-bond donors (Lipinski definition) is 1. The van der Waals surface area contributed by atoms with Crippen LogP contribution in [0.5, 0.6) is 0 Å². The van der Waals surface area contributed by atoms with E-state index in [1.165, 1.54) is 5.69 Å². The van der Waals surface area contributed by atoms with Gasteiger partial charge >= 0.3 is 0 Å². The predicted octanol–water partition coefficient (Wildman–Crippen LogP) is 1.94. The Balaban J connectivity index is 2.20. The third-order valence-electron chi connectivity index (χ3n) is 4.01. The number of piperazine rings is 1. The van der Waals surface area contributed by atoms with Crippen molar-refractivity contribution in [2.45, 2.75) is 46.7 Å². The van der Waals surface area contributed by atoms with Gasteiger partial charge in [0.1, 0.15) is 0 Å². The Morgan fingerprint density at radius 2 is 2.06 bits per heavy atom. The largest absolute Gasteiger partial charge is 0.350 e. The van der Waals surface area contributed by atoms with E-state index in [0.717, 1.165) is 18.9 Å². The molecule has 4 heteroatoms. The van der Waals surface area contributed by atoms with Crippen LogP contribution in [0.15, 0.2) is 6.07 Å². The number of aryl methyl sites for hydroxylation is 2. The standard InChI is InChI=1S/C14H26N4/c1-10-7-13(16-17(10)6)18-9-12(14(3,4)5)15-8-11(18)2/h7,11-12,15H,8-9H2,1-6H3. The lowest BCUT2D eigenvalue weighted by Crippen LogP contribution is -2.59. The van der Waals surface area contributed by atoms with E-state index >= 15 is 0 Å². The number of hydrogen-bond acceptors (Lipinski definition) is 3. The molecule has 102 valence electrons. The summed E-state index contributed by atoms with van der Waals surface area (Å²) in [5.41, 5.74) is 1.49. The fourth-order valence-corrected chi connectivity index (χ4v) is 2.45. The highest BCUT2D eigenvalue weighted by Crippen LogP contribution is 2.26. The summed E-state index contributed by atoms with van der Waals surface area (Å²) in [6.07, 6.45) is 0. The molecular weight excluding hydrogens is 224 g/mol. The van der Waals surface area contributed by atoms with Crippen molar-refractivity contribution >= 4 is 5.82 Å². The van der Waals surface area contributed by atoms with Crippen LogP contribution in [0.4, 0.5) is 5.82 Å². The molecule has 0 amide bonds. The molecule has 2 heterocycles. The van der Waals surface area contributed by atoms with Gasteiger partial charge in [0.15, 0.2) is 5.82 Å². The van der Waals surface area contributed by atoms with Gasteiger partial charge in [-0.05, 0) is 19.3 Å². The van der Waals surface area contributed by atoms with Gasteiger partial charge in [-0.2, -0.15) is 5.10 Å². The molecule has 2 unspecified atom stereocenters. The molecule has 1 aliphatic rings. The van der Waals surface area contributed by atoms with E-state index in [4.69, 9.17) is 0 Å². The van der Waals surface area contributed by atoms with Crippen molar-refractivity contribution < 1.29 is 0 Å². The molecule has 0 spiro atoms. The third-order valence-corrected chi connectivity index (χ3v) is 4.01. The first-order chi connectivity index (χ1) is 8.29. The van der Waals surface area contributed by atoms with Crippen LogP contribution in [-0.4, -0.2) is 35.0 Å². The highest BCUT2D eigenvalue weighted by molar-refractivity contribution is 5.42. The summed E-state index contributed by atoms with van der Waals surface area (Å²) in [4.78, 5) is 2.43. The molecule has 0 bridgehead atoms. The SMILES string of the molecule is Cc1cc(N2CC(C(C)(C)C)NCC2C)nn1C. The van der Waals surface area contributed by atoms with Crippen LogP contribution in [-0.2, 0) is 7.05 Å². The Hall–Kier alpha value is -1.03. The second kappa shape index (κ2) is 4.57. The molecule has 1 aromatic rings. The quantitative estimate of drug-likeness (QED) is 0.827. The number of rotatable bonds is 1. The highest BCUT2D eigenvalue weighted by atomic mass is 15.4. The van der Waals surface area contributed by atoms with Crippen LogP contribution in [0.25, 0.3) is 0 Å². The van der Waals surface area contributed by atoms with E-state index in [1.54, 1.807) is 0 Å². The van der Waals surface area contributed by atoms with Crippen LogP contribution >= 0.6 is 0 Å². The van der Waals surface area contributed by atoms with Crippen molar-refractivity contribution in [3.8, 4) is 0 Å². The predicted molar refractivity (Wildman–Crippen MR) is 76.0 cm³/mol. The summed E-state index contributed by atoms with van der Waals surface area (Å²) < 4.78 is 1.95. The second-order valence-corrected chi connectivity index (χ2v) is 6.60. The first-order valence-corrected chi connectivity index (χ1v) is 6.79. The second-order valence-electron chi connectivity index (χ2n) is 6.60. The van der Waals surface area contributed by atoms with Gasteiger partial charge in [-0.15, -0.1) is 0 Å². The van der Waals surface area contributed by atoms with Gasteiger partial charge in [-0.1, -0.05) is 20.8 Å². The van der Waals surface area contributed by atoms with Gasteiger partial charge in [0, 0.05) is 44.0 Å². The summed E-state index contributed by atoms with van der Waals surface area (Å²) >= 11 is 0. The Bertz CT molecular complexity index is 396. The normalized spacial score (nSPS) is 25.6. The average Bonchev–Trinajstić information content (AvgIpc) is 2.58. The lowest BCUT2D eigenvalue weighted by atomic mass is 9.85. The van der Waals surface area contributed by atoms with Gasteiger partial charge in [0.05, 0.1) is 0 Å². The third kappa shape index (κ3) is 2.53. The molecule has 0 radical (unpaired) electrons. The van der Waals surface area contributed by atoms with E-state index < -0.39 is 0 Å². The molecule has 1 fully saturated rings. The monoisotopic (exact) mass is 250 g/mol. The van der Waals surface area contributed by atoms with E-state index in [9.17, 15) is 0 Å². The van der Waals surface area contributed by atoms with Crippen molar-refractivity contribution in [2.75, 3.05) is 18.0 Å². The maximum Gasteiger partial charge on any atom is 0.151 e. The van der Waals surface area contributed by atoms with E-state index in [0.29, 0.717) is 12.1 Å². The Morgan fingerprint density at radius 1 is 1.39 bits per heavy atom. The smallest absolute Gasteiger partial charge is 0.151 e. The fourth-order valence-electron chi connectivity index (χ4n) is 2.45. The minimum atomic E-state index is 0.280. The molecule has 18 heavy (non-hydrogen) atoms. The van der Waals surface area contributed by atoms with Gasteiger partial charge in [0.25, 0.3) is 0 Å². The summed E-state index contributed by atoms with van der Waals surface area (Å²) in [5.74, 6) is 1.11. The van der Waals surface area contributed by atoms with Crippen LogP contribution in [0.1, 0.15) is 33.4 Å². The van der Waals surface area contributed by atoms with Gasteiger partial charge < -0.3 is 10.2 Å². The zero-order valence-electron chi connectivity index (χ0n) is 12.5. The summed E-state index contributed by atoms with van der Waals surface area (Å²) in [6, 6.07) is 3.19. The van der Waals surface area contributed by atoms with Crippen LogP contribution in [0.3, 0.4) is 0 Å². The van der Waals surface area contributed by atoms with Gasteiger partial charge in [-0.25, -0.2) is 0 Å². The van der Waals surface area contributed by atoms with Gasteiger partial charge in [0.2, 0.25) is 0 Å². The summed E-state index contributed by atoms with van der Waals surface area (Å²) in [6.45, 7) is 13.3. The Labute approximate surface area is 110 Å². The van der Waals surface area contributed by atoms with E-state index in [-0.39, 0.29) is 5.41 Å². The van der Waals surface area contributed by atoms with Crippen molar-refractivity contribution in [3.63, 3.8) is 0 Å². The molecule has 1 aliphatic heterocycles. The van der Waals surface area contributed by atoms with Crippen LogP contribution in [0, 0.1) is 12.3 Å². The van der Waals surface area contributed by atoms with Crippen molar-refractivity contribution in [1.82, 2.24) is 15.1 Å². The molecule has 0 aromatic carbocycles. The van der Waals surface area contributed by atoms with Gasteiger partial charge in [-0.3, -0.25) is 4.68 Å². The molecular formula is C14H26N4. The molecule has 1 aromatic heterocycles. The number of anilines is 1. The van der Waals surface area contributed by atoms with Crippen LogP contribution in [0.2, 0.25) is 0 Å². The molecule has 0 aliphatic carbocycles. The molecule has 2 atom stereocenters. The minimum Gasteiger partial charge on any atom is -0.350 e. The maximum absolute atomic E-state index is 4.62. The lowest BCUT2D eigenvalue weighted by molar-refractivity contribution is 0.238. The molecule has 2 rings (SSSR count). The molecule has 1 saturated heterocycles. The van der Waals surface area contributed by atoms with Crippen molar-refractivity contribution in [2.24, 2.45) is 12.5 Å². The zero-order valence-corrected chi connectivity index (χ0v) is 12.5. The van der Waals surface area contributed by atoms with Crippen molar-refractivity contribution in [1.29, 1.82) is 0 Å². The highest BCUT2D eigenvalue weighted by Gasteiger charge is 2.33. The first-order valence-electron chi connectivity index (χ1n) is 6.79. The summed E-state index contributed by atoms with van der Waals surface area (Å²) in [7, 11) is 2.01. The Kier molecular flexibility index (Phi) is 3.41. The topological polar surface area (TPSA) is 33.1 Å². The first kappa shape index (κ1) is 13.4. The summed E-state index contributed by atoms with van der Waals surface area (Å²) in [5, 5.41) is 8.27. The van der Waals surface area contributed by atoms with Crippen LogP contribution < -0.4 is 10.2 Å². The van der Waals surface area contributed by atoms with Crippen molar-refractivity contribution in [3.05, 3.63) is 11.8 Å². The maximum atomic E-state index is 4.62. The number of nitrogens with zero attached hydrogens (tertiary/aromatic N) is 3. The fraction of sp³-hybridized carbons (Fsp3) is 0.786. The lowest BCUT2D eigenvalue weighted by Gasteiger charge is -2.44. The molecule has 4 nitrogen and oxygen atoms in total. The zero-order chi connectivity index (χ0) is 13.5. The van der Waals surface area contributed by atoms with E-state index in [2.05, 4.69) is 56.0 Å². The average molecular weight is 250 g/mol. The minimum absolute atomic E-state index is 0.280. The van der Waals surface area contributed by atoms with E-state index in [1.807, 2.05) is 11.7 Å². The number of aromatic nitrogens is 2. The molecule has 0 saturated carbocycles. The Morgan fingerprint density at radius 3 is 2.56 bits per heavy atom.